The first-order chi connectivity index (χ1) is 9.31. The number of hydrogen-bond donors (Lipinski definition) is 4. The van der Waals surface area contributed by atoms with Gasteiger partial charge in [-0.1, -0.05) is 13.8 Å². The van der Waals surface area contributed by atoms with Gasteiger partial charge in [0.1, 0.15) is 6.04 Å². The Bertz CT molecular complexity index is 384. The van der Waals surface area contributed by atoms with Crippen LogP contribution in [0.5, 0.6) is 0 Å². The van der Waals surface area contributed by atoms with Crippen LogP contribution in [-0.2, 0) is 14.4 Å². The molecule has 1 saturated heterocycles. The van der Waals surface area contributed by atoms with Gasteiger partial charge in [0.05, 0.1) is 6.04 Å². The maximum atomic E-state index is 11.9. The van der Waals surface area contributed by atoms with Crippen LogP contribution in [0, 0.1) is 11.8 Å². The summed E-state index contributed by atoms with van der Waals surface area (Å²) >= 11 is 0. The van der Waals surface area contributed by atoms with Crippen LogP contribution in [0.3, 0.4) is 0 Å². The van der Waals surface area contributed by atoms with Crippen molar-refractivity contribution < 1.29 is 14.4 Å². The summed E-state index contributed by atoms with van der Waals surface area (Å²) in [6.07, 6.45) is 1.40. The third-order valence-electron chi connectivity index (χ3n) is 3.41. The molecule has 3 amide bonds. The number of nitrogens with one attached hydrogen (secondary N) is 2. The number of amides is 3. The van der Waals surface area contributed by atoms with Crippen LogP contribution in [0.1, 0.15) is 33.1 Å². The van der Waals surface area contributed by atoms with Crippen LogP contribution in [-0.4, -0.2) is 36.3 Å². The fraction of sp³-hybridized carbons (Fsp3) is 0.769. The third kappa shape index (κ3) is 4.80. The molecule has 0 aliphatic carbocycles. The van der Waals surface area contributed by atoms with Gasteiger partial charge >= 0.3 is 0 Å². The van der Waals surface area contributed by atoms with Gasteiger partial charge in [0.2, 0.25) is 17.7 Å². The minimum Gasteiger partial charge on any atom is -0.368 e. The highest BCUT2D eigenvalue weighted by atomic mass is 16.2. The van der Waals surface area contributed by atoms with Crippen molar-refractivity contribution >= 4 is 17.7 Å². The fourth-order valence-electron chi connectivity index (χ4n) is 2.29. The second-order valence-corrected chi connectivity index (χ2v) is 5.71. The summed E-state index contributed by atoms with van der Waals surface area (Å²) in [7, 11) is 0. The Balaban J connectivity index is 2.56. The zero-order valence-corrected chi connectivity index (χ0v) is 12.0. The smallest absolute Gasteiger partial charge is 0.240 e. The van der Waals surface area contributed by atoms with Crippen LogP contribution >= 0.6 is 0 Å². The molecule has 1 rings (SSSR count). The molecule has 0 spiro atoms. The van der Waals surface area contributed by atoms with Gasteiger partial charge in [-0.15, -0.1) is 0 Å². The highest BCUT2D eigenvalue weighted by Gasteiger charge is 2.31. The summed E-state index contributed by atoms with van der Waals surface area (Å²) in [4.78, 5) is 34.8. The molecule has 20 heavy (non-hydrogen) atoms. The molecule has 0 radical (unpaired) electrons. The Kier molecular flexibility index (Phi) is 5.94. The van der Waals surface area contributed by atoms with E-state index in [1.165, 1.54) is 0 Å². The van der Waals surface area contributed by atoms with Gasteiger partial charge in [0, 0.05) is 12.5 Å². The molecule has 7 nitrogen and oxygen atoms in total. The quantitative estimate of drug-likeness (QED) is 0.471. The molecule has 1 aliphatic heterocycles. The van der Waals surface area contributed by atoms with Crippen molar-refractivity contribution in [3.05, 3.63) is 0 Å². The molecule has 6 N–H and O–H groups in total. The number of carbonyl (C=O) groups excluding carboxylic acids is 3. The summed E-state index contributed by atoms with van der Waals surface area (Å²) in [5, 5.41) is 5.24. The highest BCUT2D eigenvalue weighted by Crippen LogP contribution is 2.16. The molecule has 0 aromatic heterocycles. The minimum atomic E-state index is -0.852. The van der Waals surface area contributed by atoms with Crippen molar-refractivity contribution in [2.24, 2.45) is 23.3 Å². The molecule has 0 bridgehead atoms. The van der Waals surface area contributed by atoms with Gasteiger partial charge in [0.15, 0.2) is 0 Å². The maximum absolute atomic E-state index is 11.9. The Morgan fingerprint density at radius 1 is 1.45 bits per heavy atom. The molecule has 114 valence electrons. The van der Waals surface area contributed by atoms with E-state index in [1.807, 2.05) is 13.8 Å². The zero-order valence-electron chi connectivity index (χ0n) is 12.0. The van der Waals surface area contributed by atoms with Crippen LogP contribution in [0.2, 0.25) is 0 Å². The first kappa shape index (κ1) is 16.4. The lowest BCUT2D eigenvalue weighted by Gasteiger charge is -2.21. The first-order valence-electron chi connectivity index (χ1n) is 6.94. The van der Waals surface area contributed by atoms with Crippen LogP contribution in [0.4, 0.5) is 0 Å². The van der Waals surface area contributed by atoms with Crippen LogP contribution in [0.25, 0.3) is 0 Å². The van der Waals surface area contributed by atoms with Crippen molar-refractivity contribution in [3.63, 3.8) is 0 Å². The lowest BCUT2D eigenvalue weighted by Crippen LogP contribution is -2.51. The molecule has 2 unspecified atom stereocenters. The number of carbonyl (C=O) groups is 3. The standard InChI is InChI=1S/C13H24N4O3/c1-7(2)5-9(14)13(20)17-10(11(15)18)6-8-3-4-16-12(8)19/h7-10H,3-6,14H2,1-2H3,(H2,15,18)(H,16,19)(H,17,20)/t8?,9-,10?/m0/s1. The normalized spacial score (nSPS) is 21.4. The van der Waals surface area contributed by atoms with Crippen LogP contribution in [0.15, 0.2) is 0 Å². The predicted octanol–water partition coefficient (Wildman–Crippen LogP) is -1.14. The molecule has 1 heterocycles. The van der Waals surface area contributed by atoms with E-state index >= 15 is 0 Å². The monoisotopic (exact) mass is 284 g/mol. The van der Waals surface area contributed by atoms with E-state index in [0.717, 1.165) is 0 Å². The summed E-state index contributed by atoms with van der Waals surface area (Å²) in [5.41, 5.74) is 11.0. The van der Waals surface area contributed by atoms with E-state index in [9.17, 15) is 14.4 Å². The van der Waals surface area contributed by atoms with Gasteiger partial charge in [-0.05, 0) is 25.2 Å². The van der Waals surface area contributed by atoms with Gasteiger partial charge < -0.3 is 22.1 Å². The summed E-state index contributed by atoms with van der Waals surface area (Å²) in [5.74, 6) is -1.15. The molecule has 3 atom stereocenters. The Hall–Kier alpha value is -1.63. The van der Waals surface area contributed by atoms with E-state index in [4.69, 9.17) is 11.5 Å². The highest BCUT2D eigenvalue weighted by molar-refractivity contribution is 5.89. The zero-order chi connectivity index (χ0) is 15.3. The van der Waals surface area contributed by atoms with E-state index in [0.29, 0.717) is 19.4 Å². The Morgan fingerprint density at radius 2 is 2.10 bits per heavy atom. The van der Waals surface area contributed by atoms with Crippen molar-refractivity contribution in [3.8, 4) is 0 Å². The van der Waals surface area contributed by atoms with Crippen molar-refractivity contribution in [1.82, 2.24) is 10.6 Å². The van der Waals surface area contributed by atoms with Gasteiger partial charge in [-0.2, -0.15) is 0 Å². The average molecular weight is 284 g/mol. The van der Waals surface area contributed by atoms with Crippen LogP contribution < -0.4 is 22.1 Å². The molecular weight excluding hydrogens is 260 g/mol. The largest absolute Gasteiger partial charge is 0.368 e. The van der Waals surface area contributed by atoms with Crippen molar-refractivity contribution in [2.45, 2.75) is 45.2 Å². The summed E-state index contributed by atoms with van der Waals surface area (Å²) in [6, 6.07) is -1.52. The fourth-order valence-corrected chi connectivity index (χ4v) is 2.29. The molecule has 0 aromatic rings. The van der Waals surface area contributed by atoms with E-state index in [1.54, 1.807) is 0 Å². The van der Waals surface area contributed by atoms with E-state index < -0.39 is 23.9 Å². The third-order valence-corrected chi connectivity index (χ3v) is 3.41. The topological polar surface area (TPSA) is 127 Å². The lowest BCUT2D eigenvalue weighted by atomic mass is 9.97. The minimum absolute atomic E-state index is 0.100. The Morgan fingerprint density at radius 3 is 2.55 bits per heavy atom. The van der Waals surface area contributed by atoms with Gasteiger partial charge in [-0.3, -0.25) is 14.4 Å². The van der Waals surface area contributed by atoms with Gasteiger partial charge in [0.25, 0.3) is 0 Å². The van der Waals surface area contributed by atoms with E-state index in [-0.39, 0.29) is 24.2 Å². The summed E-state index contributed by atoms with van der Waals surface area (Å²) in [6.45, 7) is 4.51. The average Bonchev–Trinajstić information content (AvgIpc) is 2.73. The Labute approximate surface area is 118 Å². The summed E-state index contributed by atoms with van der Waals surface area (Å²) < 4.78 is 0. The SMILES string of the molecule is CC(C)C[C@H](N)C(=O)NC(CC1CCNC1=O)C(N)=O. The number of hydrogen-bond acceptors (Lipinski definition) is 4. The maximum Gasteiger partial charge on any atom is 0.240 e. The number of rotatable bonds is 7. The predicted molar refractivity (Wildman–Crippen MR) is 74.3 cm³/mol. The number of nitrogens with two attached hydrogens (primary N) is 2. The molecule has 0 saturated carbocycles. The lowest BCUT2D eigenvalue weighted by molar-refractivity contribution is -0.129. The molecule has 7 heteroatoms. The molecule has 0 aromatic carbocycles. The van der Waals surface area contributed by atoms with Crippen molar-refractivity contribution in [1.29, 1.82) is 0 Å². The second-order valence-electron chi connectivity index (χ2n) is 5.71. The molecule has 1 fully saturated rings. The van der Waals surface area contributed by atoms with E-state index in [2.05, 4.69) is 10.6 Å². The first-order valence-corrected chi connectivity index (χ1v) is 6.94. The second kappa shape index (κ2) is 7.23. The van der Waals surface area contributed by atoms with Crippen molar-refractivity contribution in [2.75, 3.05) is 6.54 Å². The molecular formula is C13H24N4O3. The molecule has 1 aliphatic rings. The number of primary amides is 1. The van der Waals surface area contributed by atoms with Gasteiger partial charge in [-0.25, -0.2) is 0 Å².